The maximum absolute atomic E-state index is 10.1. The molecule has 0 fully saturated rings. The molecule has 10 heavy (non-hydrogen) atoms. The van der Waals surface area contributed by atoms with Crippen molar-refractivity contribution in [1.29, 1.82) is 0 Å². The van der Waals surface area contributed by atoms with E-state index in [2.05, 4.69) is 26.4 Å². The van der Waals surface area contributed by atoms with E-state index >= 15 is 0 Å². The van der Waals surface area contributed by atoms with Gasteiger partial charge in [-0.15, -0.1) is 0 Å². The predicted octanol–water partition coefficient (Wildman–Crippen LogP) is 3.31. The molecule has 0 aromatic rings. The molecule has 1 unspecified atom stereocenters. The minimum atomic E-state index is 0.0372. The molecule has 0 amide bonds. The van der Waals surface area contributed by atoms with Gasteiger partial charge in [0, 0.05) is 0 Å². The Morgan fingerprint density at radius 3 is 2.30 bits per heavy atom. The second kappa shape index (κ2) is 4.01. The summed E-state index contributed by atoms with van der Waals surface area (Å²) in [7, 11) is 0.0372. The van der Waals surface area contributed by atoms with Crippen LogP contribution in [0.3, 0.4) is 0 Å². The molecule has 0 heterocycles. The van der Waals surface area contributed by atoms with Crippen LogP contribution in [0.1, 0.15) is 34.1 Å². The number of rotatable bonds is 1. The summed E-state index contributed by atoms with van der Waals surface area (Å²) >= 11 is 0. The van der Waals surface area contributed by atoms with E-state index in [-0.39, 0.29) is 7.92 Å². The Morgan fingerprint density at radius 1 is 1.50 bits per heavy atom. The van der Waals surface area contributed by atoms with E-state index in [1.54, 1.807) is 0 Å². The first kappa shape index (κ1) is 10.0. The Bertz CT molecular complexity index is 183. The summed E-state index contributed by atoms with van der Waals surface area (Å²) in [4.78, 5) is 0. The molecule has 0 saturated carbocycles. The summed E-state index contributed by atoms with van der Waals surface area (Å²) in [5.41, 5.74) is 3.14. The molecule has 0 rings (SSSR count). The van der Waals surface area contributed by atoms with Gasteiger partial charge >= 0.3 is 63.6 Å². The van der Waals surface area contributed by atoms with Gasteiger partial charge in [0.1, 0.15) is 0 Å². The van der Waals surface area contributed by atoms with Crippen LogP contribution in [0.15, 0.2) is 0 Å². The SMILES string of the molecule is CC(C#P=O)CC(C)(C)C. The average molecular weight is 158 g/mol. The van der Waals surface area contributed by atoms with E-state index in [1.807, 2.05) is 6.92 Å². The van der Waals surface area contributed by atoms with Gasteiger partial charge in [-0.1, -0.05) is 0 Å². The zero-order chi connectivity index (χ0) is 8.20. The van der Waals surface area contributed by atoms with E-state index in [0.29, 0.717) is 11.3 Å². The van der Waals surface area contributed by atoms with Gasteiger partial charge in [0.2, 0.25) is 0 Å². The molecule has 0 radical (unpaired) electrons. The molecule has 58 valence electrons. The topological polar surface area (TPSA) is 17.1 Å². The van der Waals surface area contributed by atoms with Gasteiger partial charge in [0.15, 0.2) is 0 Å². The predicted molar refractivity (Wildman–Crippen MR) is 44.7 cm³/mol. The Labute approximate surface area is 64.3 Å². The van der Waals surface area contributed by atoms with Crippen LogP contribution in [0.5, 0.6) is 0 Å². The molecule has 2 heteroatoms. The summed E-state index contributed by atoms with van der Waals surface area (Å²) in [6, 6.07) is 0. The van der Waals surface area contributed by atoms with Crippen LogP contribution in [0.4, 0.5) is 0 Å². The van der Waals surface area contributed by atoms with Gasteiger partial charge in [0.05, 0.1) is 0 Å². The molecule has 1 nitrogen and oxygen atoms in total. The molecule has 0 aliphatic rings. The van der Waals surface area contributed by atoms with Gasteiger partial charge in [-0.2, -0.15) is 0 Å². The standard InChI is InChI=1S/C8H15OP/c1-7(6-10-9)5-8(2,3)4/h7H,5H2,1-4H3. The molecule has 0 aromatic carbocycles. The monoisotopic (exact) mass is 158 g/mol. The molecule has 0 spiro atoms. The van der Waals surface area contributed by atoms with Crippen molar-refractivity contribution < 1.29 is 4.57 Å². The van der Waals surface area contributed by atoms with Crippen molar-refractivity contribution in [2.24, 2.45) is 11.3 Å². The fourth-order valence-corrected chi connectivity index (χ4v) is 1.33. The summed E-state index contributed by atoms with van der Waals surface area (Å²) in [6.45, 7) is 8.56. The second-order valence-corrected chi connectivity index (χ2v) is 4.33. The summed E-state index contributed by atoms with van der Waals surface area (Å²) in [5.74, 6) is 0.333. The summed E-state index contributed by atoms with van der Waals surface area (Å²) in [6.07, 6.45) is 1.04. The first-order valence-electron chi connectivity index (χ1n) is 3.53. The van der Waals surface area contributed by atoms with E-state index in [4.69, 9.17) is 0 Å². The van der Waals surface area contributed by atoms with Crippen LogP contribution in [0.2, 0.25) is 0 Å². The fraction of sp³-hybridized carbons (Fsp3) is 0.875. The van der Waals surface area contributed by atoms with E-state index in [9.17, 15) is 4.57 Å². The van der Waals surface area contributed by atoms with Gasteiger partial charge in [-0.25, -0.2) is 0 Å². The van der Waals surface area contributed by atoms with Crippen molar-refractivity contribution in [3.8, 4) is 5.63 Å². The fourth-order valence-electron chi connectivity index (χ4n) is 1.05. The Kier molecular flexibility index (Phi) is 4.01. The molecule has 0 saturated heterocycles. The first-order chi connectivity index (χ1) is 4.45. The molecule has 1 atom stereocenters. The van der Waals surface area contributed by atoms with E-state index < -0.39 is 0 Å². The molecule has 0 N–H and O–H groups in total. The molecule has 0 bridgehead atoms. The van der Waals surface area contributed by atoms with Crippen molar-refractivity contribution in [1.82, 2.24) is 0 Å². The Balaban J connectivity index is 3.87. The van der Waals surface area contributed by atoms with Crippen LogP contribution in [-0.4, -0.2) is 0 Å². The summed E-state index contributed by atoms with van der Waals surface area (Å²) < 4.78 is 10.1. The van der Waals surface area contributed by atoms with Crippen LogP contribution in [0.25, 0.3) is 0 Å². The second-order valence-electron chi connectivity index (χ2n) is 3.89. The molecular weight excluding hydrogens is 143 g/mol. The van der Waals surface area contributed by atoms with Crippen LogP contribution < -0.4 is 0 Å². The van der Waals surface area contributed by atoms with Crippen molar-refractivity contribution in [2.45, 2.75) is 34.1 Å². The van der Waals surface area contributed by atoms with Gasteiger partial charge in [-0.3, -0.25) is 0 Å². The van der Waals surface area contributed by atoms with E-state index in [0.717, 1.165) is 6.42 Å². The van der Waals surface area contributed by atoms with Crippen molar-refractivity contribution in [3.63, 3.8) is 0 Å². The zero-order valence-electron chi connectivity index (χ0n) is 7.14. The third-order valence-corrected chi connectivity index (χ3v) is 1.74. The average Bonchev–Trinajstić information content (AvgIpc) is 1.59. The summed E-state index contributed by atoms with van der Waals surface area (Å²) in [5, 5.41) is 0. The van der Waals surface area contributed by atoms with Crippen LogP contribution in [0, 0.1) is 17.0 Å². The third-order valence-electron chi connectivity index (χ3n) is 1.19. The molecule has 0 aromatic heterocycles. The van der Waals surface area contributed by atoms with Crippen LogP contribution >= 0.6 is 7.92 Å². The number of hydrogen-bond donors (Lipinski definition) is 0. The Morgan fingerprint density at radius 2 is 2.00 bits per heavy atom. The zero-order valence-corrected chi connectivity index (χ0v) is 8.03. The van der Waals surface area contributed by atoms with Crippen molar-refractivity contribution >= 4 is 7.92 Å². The molecule has 0 aliphatic heterocycles. The quantitative estimate of drug-likeness (QED) is 0.535. The van der Waals surface area contributed by atoms with Gasteiger partial charge < -0.3 is 0 Å². The normalized spacial score (nSPS) is 14.0. The van der Waals surface area contributed by atoms with E-state index in [1.165, 1.54) is 0 Å². The first-order valence-corrected chi connectivity index (χ1v) is 4.35. The van der Waals surface area contributed by atoms with Crippen LogP contribution in [-0.2, 0) is 4.57 Å². The molecule has 0 aliphatic carbocycles. The number of hydrogen-bond acceptors (Lipinski definition) is 1. The molecular formula is C8H15OP. The van der Waals surface area contributed by atoms with Gasteiger partial charge in [-0.05, 0) is 0 Å². The maximum atomic E-state index is 10.1. The van der Waals surface area contributed by atoms with Crippen molar-refractivity contribution in [2.75, 3.05) is 0 Å². The minimum absolute atomic E-state index is 0.0372. The third kappa shape index (κ3) is 6.13. The Hall–Kier alpha value is 0.01000. The van der Waals surface area contributed by atoms with Gasteiger partial charge in [0.25, 0.3) is 0 Å². The van der Waals surface area contributed by atoms with Crippen molar-refractivity contribution in [3.05, 3.63) is 0 Å².